The molecule has 2 saturated heterocycles. The quantitative estimate of drug-likeness (QED) is 0.174. The van der Waals surface area contributed by atoms with E-state index >= 15 is 0 Å². The van der Waals surface area contributed by atoms with E-state index in [1.165, 1.54) is 4.31 Å². The lowest BCUT2D eigenvalue weighted by molar-refractivity contribution is -0.145. The molecule has 5 aliphatic rings. The van der Waals surface area contributed by atoms with Crippen LogP contribution in [-0.2, 0) is 29.2 Å². The summed E-state index contributed by atoms with van der Waals surface area (Å²) in [6, 6.07) is -3.36. The number of nitrogens with zero attached hydrogens (tertiary/aromatic N) is 2. The molecule has 0 aromatic rings. The molecular weight excluding hydrogens is 685 g/mol. The van der Waals surface area contributed by atoms with Gasteiger partial charge in [-0.3, -0.25) is 19.2 Å². The number of sulfonamides is 1. The van der Waals surface area contributed by atoms with E-state index in [1.807, 2.05) is 27.7 Å². The molecule has 0 radical (unpaired) electrons. The highest BCUT2D eigenvalue weighted by Crippen LogP contribution is 2.41. The van der Waals surface area contributed by atoms with Crippen LogP contribution < -0.4 is 21.3 Å². The summed E-state index contributed by atoms with van der Waals surface area (Å²) in [5.74, 6) is -2.43. The molecule has 5 amide bonds. The Kier molecular flexibility index (Phi) is 13.3. The van der Waals surface area contributed by atoms with Crippen molar-refractivity contribution >= 4 is 39.6 Å². The largest absolute Gasteiger partial charge is 0.347 e. The Balaban J connectivity index is 1.38. The number of urea groups is 1. The average molecular weight is 749 g/mol. The molecule has 4 N–H and O–H groups in total. The zero-order valence-corrected chi connectivity index (χ0v) is 32.8. The first-order valence-electron chi connectivity index (χ1n) is 20.2. The van der Waals surface area contributed by atoms with Crippen molar-refractivity contribution in [3.05, 3.63) is 0 Å². The van der Waals surface area contributed by atoms with E-state index in [2.05, 4.69) is 21.3 Å². The molecule has 3 saturated carbocycles. The van der Waals surface area contributed by atoms with E-state index in [1.54, 1.807) is 4.90 Å². The highest BCUT2D eigenvalue weighted by molar-refractivity contribution is 7.89. The molecule has 13 nitrogen and oxygen atoms in total. The predicted octanol–water partition coefficient (Wildman–Crippen LogP) is 3.76. The Morgan fingerprint density at radius 3 is 2.02 bits per heavy atom. The summed E-state index contributed by atoms with van der Waals surface area (Å²) in [6.07, 6.45) is 12.8. The summed E-state index contributed by atoms with van der Waals surface area (Å²) in [7, 11) is -3.56. The molecular formula is C38H64N6O7S. The zero-order chi connectivity index (χ0) is 37.7. The van der Waals surface area contributed by atoms with Crippen molar-refractivity contribution in [2.45, 2.75) is 167 Å². The van der Waals surface area contributed by atoms with E-state index in [-0.39, 0.29) is 29.5 Å². The van der Waals surface area contributed by atoms with E-state index in [4.69, 9.17) is 0 Å². The molecule has 5 rings (SSSR count). The van der Waals surface area contributed by atoms with Crippen LogP contribution in [0, 0.1) is 17.3 Å². The Morgan fingerprint density at radius 2 is 1.46 bits per heavy atom. The van der Waals surface area contributed by atoms with Crippen LogP contribution in [0.5, 0.6) is 0 Å². The maximum atomic E-state index is 14.9. The van der Waals surface area contributed by atoms with Gasteiger partial charge in [-0.15, -0.1) is 0 Å². The van der Waals surface area contributed by atoms with Gasteiger partial charge in [-0.1, -0.05) is 79.1 Å². The van der Waals surface area contributed by atoms with Crippen molar-refractivity contribution in [2.75, 3.05) is 25.4 Å². The zero-order valence-electron chi connectivity index (χ0n) is 32.0. The van der Waals surface area contributed by atoms with Crippen molar-refractivity contribution < 1.29 is 32.4 Å². The van der Waals surface area contributed by atoms with Crippen molar-refractivity contribution in [1.82, 2.24) is 30.5 Å². The number of Topliss-reactive ketones (excluding diaryl/α,β-unsaturated/α-hetero) is 1. The lowest BCUT2D eigenvalue weighted by Crippen LogP contribution is -2.65. The molecule has 0 aromatic heterocycles. The second-order valence-corrected chi connectivity index (χ2v) is 19.1. The summed E-state index contributed by atoms with van der Waals surface area (Å²) in [5.41, 5.74) is -1.50. The molecule has 0 spiro atoms. The topological polar surface area (TPSA) is 174 Å². The minimum Gasteiger partial charge on any atom is -0.347 e. The molecule has 4 atom stereocenters. The number of ketones is 1. The number of likely N-dealkylation sites (tertiary alicyclic amines) is 1. The highest BCUT2D eigenvalue weighted by Gasteiger charge is 2.50. The molecule has 52 heavy (non-hydrogen) atoms. The first-order chi connectivity index (χ1) is 24.7. The van der Waals surface area contributed by atoms with Gasteiger partial charge in [0.15, 0.2) is 0 Å². The third kappa shape index (κ3) is 9.67. The lowest BCUT2D eigenvalue weighted by atomic mass is 9.70. The van der Waals surface area contributed by atoms with Crippen LogP contribution in [-0.4, -0.2) is 102 Å². The van der Waals surface area contributed by atoms with Gasteiger partial charge in [0.05, 0.1) is 17.3 Å². The summed E-state index contributed by atoms with van der Waals surface area (Å²) in [4.78, 5) is 70.9. The second kappa shape index (κ2) is 17.2. The molecule has 2 heterocycles. The van der Waals surface area contributed by atoms with Crippen molar-refractivity contribution in [3.63, 3.8) is 0 Å². The van der Waals surface area contributed by atoms with E-state index in [0.717, 1.165) is 77.0 Å². The van der Waals surface area contributed by atoms with Gasteiger partial charge in [0.2, 0.25) is 27.6 Å². The van der Waals surface area contributed by atoms with Crippen LogP contribution in [0.3, 0.4) is 0 Å². The van der Waals surface area contributed by atoms with E-state index in [0.29, 0.717) is 51.7 Å². The number of carbonyl (C=O) groups is 5. The van der Waals surface area contributed by atoms with Crippen LogP contribution in [0.15, 0.2) is 0 Å². The van der Waals surface area contributed by atoms with Crippen LogP contribution in [0.25, 0.3) is 0 Å². The Morgan fingerprint density at radius 1 is 0.827 bits per heavy atom. The fourth-order valence-corrected chi connectivity index (χ4v) is 11.0. The average Bonchev–Trinajstić information content (AvgIpc) is 3.76. The van der Waals surface area contributed by atoms with Gasteiger partial charge in [-0.05, 0) is 75.0 Å². The number of rotatable bonds is 16. The molecule has 3 aliphatic carbocycles. The van der Waals surface area contributed by atoms with Crippen molar-refractivity contribution in [1.29, 1.82) is 0 Å². The second-order valence-electron chi connectivity index (χ2n) is 17.1. The van der Waals surface area contributed by atoms with E-state index < -0.39 is 62.7 Å². The molecule has 5 fully saturated rings. The van der Waals surface area contributed by atoms with Crippen LogP contribution in [0.2, 0.25) is 0 Å². The first kappa shape index (κ1) is 40.4. The Labute approximate surface area is 311 Å². The number of carbonyl (C=O) groups excluding carboxylic acids is 5. The van der Waals surface area contributed by atoms with Gasteiger partial charge in [0, 0.05) is 25.7 Å². The van der Waals surface area contributed by atoms with Crippen LogP contribution >= 0.6 is 0 Å². The van der Waals surface area contributed by atoms with E-state index in [9.17, 15) is 32.4 Å². The molecule has 0 unspecified atom stereocenters. The Bertz CT molecular complexity index is 1420. The predicted molar refractivity (Wildman–Crippen MR) is 199 cm³/mol. The normalized spacial score (nSPS) is 25.8. The molecule has 2 aliphatic heterocycles. The summed E-state index contributed by atoms with van der Waals surface area (Å²) >= 11 is 0. The number of hydrogen-bond acceptors (Lipinski definition) is 7. The number of hydrogen-bond donors (Lipinski definition) is 4. The van der Waals surface area contributed by atoms with Crippen molar-refractivity contribution in [2.24, 2.45) is 17.3 Å². The Hall–Kier alpha value is -2.74. The van der Waals surface area contributed by atoms with Gasteiger partial charge in [-0.2, -0.15) is 0 Å². The number of unbranched alkanes of at least 4 members (excludes halogenated alkanes) is 1. The number of amides is 5. The van der Waals surface area contributed by atoms with Crippen LogP contribution in [0.4, 0.5) is 4.79 Å². The maximum absolute atomic E-state index is 14.9. The van der Waals surface area contributed by atoms with Gasteiger partial charge in [0.25, 0.3) is 5.91 Å². The first-order valence-corrected chi connectivity index (χ1v) is 21.8. The fraction of sp³-hybridized carbons (Fsp3) is 0.868. The summed E-state index contributed by atoms with van der Waals surface area (Å²) in [6.45, 7) is 9.38. The minimum atomic E-state index is -3.56. The summed E-state index contributed by atoms with van der Waals surface area (Å²) < 4.78 is 28.2. The SMILES string of the molecule is CCCC[C@H](NC(=O)[C@@H]1[C@@H](C(C)C)CCN1C(=O)[C@@H](NC(=O)NC1(CS(=O)(=O)N2CCC2)CCCCC1)C1(C)CCCCC1)C(=O)C(=O)NC1CC1. The van der Waals surface area contributed by atoms with Crippen molar-refractivity contribution in [3.8, 4) is 0 Å². The summed E-state index contributed by atoms with van der Waals surface area (Å²) in [5, 5.41) is 11.8. The molecule has 294 valence electrons. The van der Waals surface area contributed by atoms with Gasteiger partial charge in [0.1, 0.15) is 12.1 Å². The smallest absolute Gasteiger partial charge is 0.315 e. The highest BCUT2D eigenvalue weighted by atomic mass is 32.2. The van der Waals surface area contributed by atoms with Gasteiger partial charge < -0.3 is 26.2 Å². The third-order valence-corrected chi connectivity index (χ3v) is 14.6. The fourth-order valence-electron chi connectivity index (χ4n) is 8.97. The minimum absolute atomic E-state index is 0.00736. The lowest BCUT2D eigenvalue weighted by Gasteiger charge is -2.44. The number of nitrogens with one attached hydrogen (secondary N) is 4. The molecule has 14 heteroatoms. The van der Waals surface area contributed by atoms with Crippen LogP contribution in [0.1, 0.15) is 137 Å². The third-order valence-electron chi connectivity index (χ3n) is 12.5. The molecule has 0 bridgehead atoms. The van der Waals surface area contributed by atoms with Gasteiger partial charge in [-0.25, -0.2) is 17.5 Å². The maximum Gasteiger partial charge on any atom is 0.315 e. The molecule has 0 aromatic carbocycles. The van der Waals surface area contributed by atoms with Gasteiger partial charge >= 0.3 is 6.03 Å². The monoisotopic (exact) mass is 748 g/mol. The standard InChI is InChI=1S/C38H64N6O7S/c1-5-6-14-29(31(45)34(47)39-27-15-16-27)40-33(46)30-28(26(2)3)17-24-44(30)35(48)32(37(4)18-9-7-10-19-37)41-36(49)42-38(20-11-8-12-21-38)25-52(50,51)43-22-13-23-43/h26-30,32H,5-25H2,1-4H3,(H,39,47)(H,40,46)(H2,41,42,49)/t28-,29+,30+,32-/m1/s1.